The van der Waals surface area contributed by atoms with Gasteiger partial charge < -0.3 is 0 Å². The number of nitrogens with one attached hydrogen (secondary N) is 1. The normalized spacial score (nSPS) is 17.0. The molecule has 2 saturated heterocycles. The van der Waals surface area contributed by atoms with Crippen molar-refractivity contribution in [2.75, 3.05) is 28.4 Å². The number of amides is 2. The molecule has 3 aromatic rings. The number of benzene rings is 1. The van der Waals surface area contributed by atoms with E-state index < -0.39 is 42.2 Å². The molecule has 1 aromatic carbocycles. The Balaban J connectivity index is 1.45. The van der Waals surface area contributed by atoms with Crippen LogP contribution in [0.5, 0.6) is 0 Å². The molecule has 2 amide bonds. The molecule has 14 heteroatoms. The van der Waals surface area contributed by atoms with Gasteiger partial charge >= 0.3 is 232 Å². The van der Waals surface area contributed by atoms with Crippen molar-refractivity contribution in [3.8, 4) is 6.07 Å². The summed E-state index contributed by atoms with van der Waals surface area (Å²) >= 11 is 5.61. The fraction of sp³-hybridized carbons (Fsp3) is 0.231. The number of rotatable bonds is 6. The molecule has 1 N–H and O–H groups in total. The van der Waals surface area contributed by atoms with Gasteiger partial charge in [-0.25, -0.2) is 0 Å². The zero-order valence-corrected chi connectivity index (χ0v) is 22.5. The molecular weight excluding hydrogens is 567 g/mol. The molecular formula is C26H21F4N6O2PS. The van der Waals surface area contributed by atoms with Crippen LogP contribution in [0.1, 0.15) is 33.6 Å². The third-order valence-electron chi connectivity index (χ3n) is 7.04. The first kappa shape index (κ1) is 27.6. The topological polar surface area (TPSA) is 102 Å². The van der Waals surface area contributed by atoms with Gasteiger partial charge in [-0.15, -0.1) is 0 Å². The quantitative estimate of drug-likeness (QED) is 0.238. The van der Waals surface area contributed by atoms with Crippen LogP contribution in [0.2, 0.25) is 0 Å². The Morgan fingerprint density at radius 2 is 1.88 bits per heavy atom. The molecule has 0 atom stereocenters. The Morgan fingerprint density at radius 3 is 2.50 bits per heavy atom. The predicted molar refractivity (Wildman–Crippen MR) is 146 cm³/mol. The Bertz CT molecular complexity index is 1560. The van der Waals surface area contributed by atoms with Crippen LogP contribution >= 0.6 is 19.6 Å². The molecule has 0 unspecified atom stereocenters. The van der Waals surface area contributed by atoms with Gasteiger partial charge in [0.1, 0.15) is 0 Å². The van der Waals surface area contributed by atoms with E-state index in [4.69, 9.17) is 17.5 Å². The second-order valence-electron chi connectivity index (χ2n) is 9.37. The number of hydrogen-bond donors (Lipinski definition) is 1. The monoisotopic (exact) mass is 588 g/mol. The van der Waals surface area contributed by atoms with Crippen LogP contribution in [-0.4, -0.2) is 45.5 Å². The molecule has 1 spiro atoms. The number of nitriles is 1. The van der Waals surface area contributed by atoms with E-state index in [2.05, 4.69) is 15.3 Å². The van der Waals surface area contributed by atoms with Crippen LogP contribution < -0.4 is 14.9 Å². The first-order valence-corrected chi connectivity index (χ1v) is 15.0. The van der Waals surface area contributed by atoms with Crippen LogP contribution in [0.4, 0.5) is 33.7 Å². The summed E-state index contributed by atoms with van der Waals surface area (Å²) in [7, 11) is -3.05. The first-order chi connectivity index (χ1) is 19.1. The van der Waals surface area contributed by atoms with Crippen molar-refractivity contribution in [2.24, 2.45) is 0 Å². The number of thiocarbonyl (C=S) groups is 1. The summed E-state index contributed by atoms with van der Waals surface area (Å²) < 4.78 is 57.2. The molecule has 2 fully saturated rings. The molecule has 2 aliphatic heterocycles. The Labute approximate surface area is 232 Å². The Kier molecular flexibility index (Phi) is 7.25. The fourth-order valence-corrected chi connectivity index (χ4v) is 9.62. The van der Waals surface area contributed by atoms with E-state index in [1.165, 1.54) is 18.2 Å². The molecule has 4 heterocycles. The van der Waals surface area contributed by atoms with Crippen molar-refractivity contribution in [1.29, 1.82) is 5.26 Å². The van der Waals surface area contributed by atoms with Crippen LogP contribution in [0.15, 0.2) is 55.0 Å². The van der Waals surface area contributed by atoms with Gasteiger partial charge in [0.05, 0.1) is 0 Å². The first-order valence-electron chi connectivity index (χ1n) is 12.2. The third kappa shape index (κ3) is 4.78. The molecule has 0 aliphatic carbocycles. The van der Waals surface area contributed by atoms with Gasteiger partial charge in [-0.05, 0) is 0 Å². The average Bonchev–Trinajstić information content (AvgIpc) is 3.15. The number of halogens is 4. The summed E-state index contributed by atoms with van der Waals surface area (Å²) in [6, 6.07) is 9.52. The van der Waals surface area contributed by atoms with Gasteiger partial charge in [-0.2, -0.15) is 0 Å². The van der Waals surface area contributed by atoms with Crippen molar-refractivity contribution in [3.63, 3.8) is 0 Å². The molecule has 0 bridgehead atoms. The minimum atomic E-state index is -4.87. The number of pyridine rings is 2. The number of carbonyl (C=O) groups excluding carboxylic acids is 2. The van der Waals surface area contributed by atoms with Crippen LogP contribution in [0, 0.1) is 17.1 Å². The molecule has 2 aromatic heterocycles. The van der Waals surface area contributed by atoms with E-state index in [1.807, 2.05) is 0 Å². The minimum absolute atomic E-state index is 0.0772. The van der Waals surface area contributed by atoms with Crippen molar-refractivity contribution >= 4 is 47.7 Å². The van der Waals surface area contributed by atoms with Gasteiger partial charge in [-0.1, -0.05) is 0 Å². The van der Waals surface area contributed by atoms with Crippen molar-refractivity contribution in [1.82, 2.24) is 15.3 Å². The van der Waals surface area contributed by atoms with Crippen molar-refractivity contribution in [2.45, 2.75) is 19.0 Å². The summed E-state index contributed by atoms with van der Waals surface area (Å²) in [5, 5.41) is 11.7. The maximum absolute atomic E-state index is 14.8. The van der Waals surface area contributed by atoms with E-state index >= 15 is 0 Å². The van der Waals surface area contributed by atoms with Gasteiger partial charge in [-0.3, -0.25) is 0 Å². The summed E-state index contributed by atoms with van der Waals surface area (Å²) in [6.07, 6.45) is 1.59. The van der Waals surface area contributed by atoms with E-state index in [9.17, 15) is 27.2 Å². The Morgan fingerprint density at radius 1 is 1.15 bits per heavy atom. The van der Waals surface area contributed by atoms with Crippen LogP contribution in [0.25, 0.3) is 0 Å². The van der Waals surface area contributed by atoms with E-state index in [1.54, 1.807) is 29.2 Å². The number of carbonyl (C=O) groups is 2. The number of nitrogens with zero attached hydrogens (tertiary/aromatic N) is 5. The van der Waals surface area contributed by atoms with E-state index in [0.29, 0.717) is 36.9 Å². The Hall–Kier alpha value is -4.01. The van der Waals surface area contributed by atoms with E-state index in [0.717, 1.165) is 22.7 Å². The van der Waals surface area contributed by atoms with Crippen molar-refractivity contribution < 1.29 is 27.2 Å². The van der Waals surface area contributed by atoms with Gasteiger partial charge in [0.15, 0.2) is 0 Å². The van der Waals surface area contributed by atoms with Gasteiger partial charge in [0.25, 0.3) is 0 Å². The molecule has 8 nitrogen and oxygen atoms in total. The van der Waals surface area contributed by atoms with Gasteiger partial charge in [0.2, 0.25) is 0 Å². The predicted octanol–water partition coefficient (Wildman–Crippen LogP) is 5.28. The maximum atomic E-state index is 14.8. The summed E-state index contributed by atoms with van der Waals surface area (Å²) in [4.78, 5) is 35.2. The number of aromatic nitrogens is 2. The molecule has 2 aliphatic rings. The number of anilines is 2. The second-order valence-corrected chi connectivity index (χ2v) is 13.7. The molecule has 0 saturated carbocycles. The average molecular weight is 589 g/mol. The number of hydrogen-bond acceptors (Lipinski definition) is 6. The van der Waals surface area contributed by atoms with Crippen molar-refractivity contribution in [3.05, 3.63) is 83.2 Å². The molecule has 206 valence electrons. The van der Waals surface area contributed by atoms with Crippen LogP contribution in [-0.2, 0) is 12.6 Å². The van der Waals surface area contributed by atoms with Gasteiger partial charge in [0, 0.05) is 0 Å². The molecule has 0 radical (unpaired) electrons. The van der Waals surface area contributed by atoms with E-state index in [-0.39, 0.29) is 22.9 Å². The standard InChI is InChI=1S/C26H21F4N6O2PS/c27-21-3-2-17(12-19(21)23(37)33-9-6-16-4-7-32-8-5-16)36-24(40)35(25(38)39(36)10-1-11-39)18-13-20(26(28,29)30)22(14-31)34-15-18/h2-5,7-8,12-13,15,39H,1,6,9-11H2,(H,33,37). The summed E-state index contributed by atoms with van der Waals surface area (Å²) in [5.41, 5.74) is -1.73. The summed E-state index contributed by atoms with van der Waals surface area (Å²) in [6.45, 7) is 0.243. The molecule has 40 heavy (non-hydrogen) atoms. The zero-order valence-electron chi connectivity index (χ0n) is 20.7. The fourth-order valence-electron chi connectivity index (χ4n) is 4.88. The zero-order chi connectivity index (χ0) is 28.7. The molecule has 5 rings (SSSR count). The number of alkyl halides is 3. The van der Waals surface area contributed by atoms with Crippen LogP contribution in [0.3, 0.4) is 0 Å². The SMILES string of the molecule is N#Cc1ncc(N2C(=O)[PH]3(CCC3)N(c3ccc(F)c(C(=O)NCCc4ccncc4)c3)C2=S)cc1C(F)(F)F. The third-order valence-corrected chi connectivity index (χ3v) is 12.3. The second kappa shape index (κ2) is 10.5. The summed E-state index contributed by atoms with van der Waals surface area (Å²) in [5.74, 6) is -1.42.